The van der Waals surface area contributed by atoms with Crippen molar-refractivity contribution in [3.8, 4) is 5.75 Å². The molecule has 0 aliphatic carbocycles. The fourth-order valence-electron chi connectivity index (χ4n) is 4.48. The van der Waals surface area contributed by atoms with E-state index < -0.39 is 6.04 Å². The van der Waals surface area contributed by atoms with Crippen LogP contribution in [0.5, 0.6) is 5.75 Å². The normalized spacial score (nSPS) is 18.7. The highest BCUT2D eigenvalue weighted by Gasteiger charge is 2.35. The molecule has 3 amide bonds. The van der Waals surface area contributed by atoms with Gasteiger partial charge in [-0.25, -0.2) is 0 Å². The van der Waals surface area contributed by atoms with Gasteiger partial charge in [0.2, 0.25) is 17.7 Å². The summed E-state index contributed by atoms with van der Waals surface area (Å²) < 4.78 is 5.47. The molecule has 0 aromatic heterocycles. The number of rotatable bonds is 7. The quantitative estimate of drug-likeness (QED) is 0.603. The maximum Gasteiger partial charge on any atom is 0.243 e. The van der Waals surface area contributed by atoms with Crippen molar-refractivity contribution in [1.29, 1.82) is 0 Å². The topological polar surface area (TPSA) is 94.2 Å². The van der Waals surface area contributed by atoms with E-state index in [9.17, 15) is 14.4 Å². The Hall–Kier alpha value is -3.30. The van der Waals surface area contributed by atoms with Crippen LogP contribution in [-0.4, -0.2) is 86.5 Å². The Labute approximate surface area is 210 Å². The maximum atomic E-state index is 13.2. The molecule has 2 heterocycles. The number of hydrogen-bond donors (Lipinski definition) is 2. The number of amides is 3. The number of piperazine rings is 2. The Morgan fingerprint density at radius 1 is 1.06 bits per heavy atom. The lowest BCUT2D eigenvalue weighted by Gasteiger charge is -2.39. The van der Waals surface area contributed by atoms with Gasteiger partial charge >= 0.3 is 0 Å². The Kier molecular flexibility index (Phi) is 8.09. The van der Waals surface area contributed by atoms with Crippen molar-refractivity contribution < 1.29 is 19.1 Å². The van der Waals surface area contributed by atoms with Gasteiger partial charge in [0.05, 0.1) is 36.5 Å². The minimum atomic E-state index is -0.853. The highest BCUT2D eigenvalue weighted by atomic mass is 35.5. The lowest BCUT2D eigenvalue weighted by molar-refractivity contribution is -0.145. The van der Waals surface area contributed by atoms with Gasteiger partial charge in [0.1, 0.15) is 11.8 Å². The highest BCUT2D eigenvalue weighted by Crippen LogP contribution is 2.28. The molecule has 2 aliphatic heterocycles. The number of anilines is 2. The number of carbonyl (C=O) groups is 3. The predicted molar refractivity (Wildman–Crippen MR) is 135 cm³/mol. The van der Waals surface area contributed by atoms with E-state index in [4.69, 9.17) is 16.3 Å². The van der Waals surface area contributed by atoms with Crippen LogP contribution in [0.3, 0.4) is 0 Å². The van der Waals surface area contributed by atoms with Crippen LogP contribution in [0.25, 0.3) is 0 Å². The van der Waals surface area contributed by atoms with Gasteiger partial charge in [-0.15, -0.1) is 0 Å². The third-order valence-corrected chi connectivity index (χ3v) is 6.66. The Morgan fingerprint density at radius 3 is 2.51 bits per heavy atom. The van der Waals surface area contributed by atoms with Gasteiger partial charge in [0.15, 0.2) is 0 Å². The lowest BCUT2D eigenvalue weighted by Crippen LogP contribution is -2.60. The SMILES string of the molecule is COc1ccccc1N1CCN(CC(=O)N2CCNC(=O)C2CC(=O)Nc2ccccc2Cl)CC1. The van der Waals surface area contributed by atoms with Crippen molar-refractivity contribution in [3.63, 3.8) is 0 Å². The van der Waals surface area contributed by atoms with Crippen LogP contribution in [0.4, 0.5) is 11.4 Å². The summed E-state index contributed by atoms with van der Waals surface area (Å²) in [5, 5.41) is 5.91. The van der Waals surface area contributed by atoms with Crippen LogP contribution in [0, 0.1) is 0 Å². The van der Waals surface area contributed by atoms with E-state index in [1.807, 2.05) is 24.3 Å². The second kappa shape index (κ2) is 11.4. The van der Waals surface area contributed by atoms with Gasteiger partial charge in [0, 0.05) is 39.3 Å². The third kappa shape index (κ3) is 6.04. The smallest absolute Gasteiger partial charge is 0.243 e. The molecule has 10 heteroatoms. The molecule has 1 atom stereocenters. The fraction of sp³-hybridized carbons (Fsp3) is 0.400. The van der Waals surface area contributed by atoms with E-state index in [1.54, 1.807) is 31.4 Å². The van der Waals surface area contributed by atoms with Gasteiger partial charge in [-0.1, -0.05) is 35.9 Å². The van der Waals surface area contributed by atoms with Gasteiger partial charge in [-0.2, -0.15) is 0 Å². The number of nitrogens with one attached hydrogen (secondary N) is 2. The van der Waals surface area contributed by atoms with Crippen molar-refractivity contribution in [2.45, 2.75) is 12.5 Å². The van der Waals surface area contributed by atoms with Crippen molar-refractivity contribution in [2.24, 2.45) is 0 Å². The van der Waals surface area contributed by atoms with Crippen molar-refractivity contribution in [1.82, 2.24) is 15.1 Å². The first-order valence-electron chi connectivity index (χ1n) is 11.7. The second-order valence-electron chi connectivity index (χ2n) is 8.56. The zero-order valence-corrected chi connectivity index (χ0v) is 20.5. The van der Waals surface area contributed by atoms with Crippen LogP contribution < -0.4 is 20.3 Å². The molecule has 2 aromatic rings. The zero-order valence-electron chi connectivity index (χ0n) is 19.7. The van der Waals surface area contributed by atoms with Gasteiger partial charge in [-0.05, 0) is 24.3 Å². The summed E-state index contributed by atoms with van der Waals surface area (Å²) in [4.78, 5) is 44.3. The van der Waals surface area contributed by atoms with E-state index in [-0.39, 0.29) is 30.7 Å². The van der Waals surface area contributed by atoms with E-state index >= 15 is 0 Å². The largest absolute Gasteiger partial charge is 0.495 e. The molecular weight excluding hydrogens is 470 g/mol. The average Bonchev–Trinajstić information content (AvgIpc) is 2.87. The minimum absolute atomic E-state index is 0.135. The highest BCUT2D eigenvalue weighted by molar-refractivity contribution is 6.33. The monoisotopic (exact) mass is 499 g/mol. The number of halogens is 1. The maximum absolute atomic E-state index is 13.2. The van der Waals surface area contributed by atoms with Crippen LogP contribution in [-0.2, 0) is 14.4 Å². The number of methoxy groups -OCH3 is 1. The minimum Gasteiger partial charge on any atom is -0.495 e. The molecule has 0 spiro atoms. The third-order valence-electron chi connectivity index (χ3n) is 6.33. The van der Waals surface area contributed by atoms with Crippen molar-refractivity contribution in [2.75, 3.05) is 63.1 Å². The molecule has 2 fully saturated rings. The standard InChI is InChI=1S/C25H30ClN5O4/c1-35-22-9-5-4-8-20(22)30-14-12-29(13-15-30)17-24(33)31-11-10-27-25(34)21(31)16-23(32)28-19-7-3-2-6-18(19)26/h2-9,21H,10-17H2,1H3,(H,27,34)(H,28,32). The molecule has 2 saturated heterocycles. The summed E-state index contributed by atoms with van der Waals surface area (Å²) >= 11 is 6.12. The number of benzene rings is 2. The molecule has 9 nitrogen and oxygen atoms in total. The average molecular weight is 500 g/mol. The summed E-state index contributed by atoms with van der Waals surface area (Å²) in [5.74, 6) is -0.0151. The molecule has 186 valence electrons. The number of ether oxygens (including phenoxy) is 1. The molecule has 1 unspecified atom stereocenters. The fourth-order valence-corrected chi connectivity index (χ4v) is 4.66. The van der Waals surface area contributed by atoms with Crippen LogP contribution in [0.15, 0.2) is 48.5 Å². The molecule has 0 saturated carbocycles. The number of carbonyl (C=O) groups excluding carboxylic acids is 3. The molecule has 0 bridgehead atoms. The number of para-hydroxylation sites is 3. The van der Waals surface area contributed by atoms with Crippen LogP contribution in [0.2, 0.25) is 5.02 Å². The number of nitrogens with zero attached hydrogens (tertiary/aromatic N) is 3. The van der Waals surface area contributed by atoms with E-state index in [0.29, 0.717) is 36.9 Å². The molecule has 4 rings (SSSR count). The van der Waals surface area contributed by atoms with E-state index in [1.165, 1.54) is 4.90 Å². The van der Waals surface area contributed by atoms with E-state index in [2.05, 4.69) is 20.4 Å². The van der Waals surface area contributed by atoms with Crippen molar-refractivity contribution in [3.05, 3.63) is 53.6 Å². The molecular formula is C25H30ClN5O4. The summed E-state index contributed by atoms with van der Waals surface area (Å²) in [6.45, 7) is 3.89. The molecule has 2 N–H and O–H groups in total. The second-order valence-corrected chi connectivity index (χ2v) is 8.97. The molecule has 2 aromatic carbocycles. The summed E-state index contributed by atoms with van der Waals surface area (Å²) in [5.41, 5.74) is 1.51. The zero-order chi connectivity index (χ0) is 24.8. The van der Waals surface area contributed by atoms with Crippen LogP contribution >= 0.6 is 11.6 Å². The summed E-state index contributed by atoms with van der Waals surface area (Å²) in [7, 11) is 1.66. The van der Waals surface area contributed by atoms with Gasteiger partial charge in [0.25, 0.3) is 0 Å². The van der Waals surface area contributed by atoms with E-state index in [0.717, 1.165) is 24.5 Å². The van der Waals surface area contributed by atoms with Crippen LogP contribution in [0.1, 0.15) is 6.42 Å². The molecule has 2 aliphatic rings. The lowest BCUT2D eigenvalue weighted by atomic mass is 10.1. The Balaban J connectivity index is 1.34. The number of hydrogen-bond acceptors (Lipinski definition) is 6. The molecule has 0 radical (unpaired) electrons. The first-order chi connectivity index (χ1) is 17.0. The summed E-state index contributed by atoms with van der Waals surface area (Å²) in [6, 6.07) is 13.9. The molecule has 35 heavy (non-hydrogen) atoms. The first kappa shape index (κ1) is 24.8. The predicted octanol–water partition coefficient (Wildman–Crippen LogP) is 1.83. The Morgan fingerprint density at radius 2 is 1.77 bits per heavy atom. The summed E-state index contributed by atoms with van der Waals surface area (Å²) in [6.07, 6.45) is -0.135. The van der Waals surface area contributed by atoms with Crippen molar-refractivity contribution >= 4 is 40.7 Å². The first-order valence-corrected chi connectivity index (χ1v) is 12.1. The van der Waals surface area contributed by atoms with Gasteiger partial charge < -0.3 is 25.2 Å². The van der Waals surface area contributed by atoms with Gasteiger partial charge in [-0.3, -0.25) is 19.3 Å². The Bertz CT molecular complexity index is 1070.